The van der Waals surface area contributed by atoms with Gasteiger partial charge in [-0.25, -0.2) is 0 Å². The van der Waals surface area contributed by atoms with Gasteiger partial charge in [0.1, 0.15) is 0 Å². The van der Waals surface area contributed by atoms with Gasteiger partial charge in [0.2, 0.25) is 0 Å². The van der Waals surface area contributed by atoms with E-state index in [4.69, 9.17) is 23.7 Å². The third-order valence-electron chi connectivity index (χ3n) is 2.79. The first kappa shape index (κ1) is 17.2. The van der Waals surface area contributed by atoms with E-state index in [1.165, 1.54) is 48.5 Å². The fraction of sp³-hybridized carbons (Fsp3) is 0. The fourth-order valence-corrected chi connectivity index (χ4v) is 3.22. The van der Waals surface area contributed by atoms with Crippen molar-refractivity contribution in [3.05, 3.63) is 48.5 Å². The van der Waals surface area contributed by atoms with Gasteiger partial charge < -0.3 is 0 Å². The Morgan fingerprint density at radius 1 is 0.591 bits per heavy atom. The smallest absolute Gasteiger partial charge is 0.193 e. The highest BCUT2D eigenvalue weighted by molar-refractivity contribution is 7.87. The lowest BCUT2D eigenvalue weighted by molar-refractivity contribution is 0.507. The summed E-state index contributed by atoms with van der Waals surface area (Å²) in [6.45, 7) is 0. The molecule has 0 spiro atoms. The largest absolute Gasteiger partial charge is 0.312 e. The van der Waals surface area contributed by atoms with Gasteiger partial charge in [-0.3, -0.25) is 0 Å². The molecular formula is C12H8Cl2O6S2. The predicted octanol–water partition coefficient (Wildman–Crippen LogP) is 3.07. The Hall–Kier alpha value is -1.16. The van der Waals surface area contributed by atoms with E-state index >= 15 is 0 Å². The van der Waals surface area contributed by atoms with Crippen LogP contribution in [0.3, 0.4) is 0 Å². The van der Waals surface area contributed by atoms with E-state index < -0.39 is 20.2 Å². The van der Waals surface area contributed by atoms with Crippen LogP contribution in [0.4, 0.5) is 0 Å². The van der Waals surface area contributed by atoms with Gasteiger partial charge in [-0.2, -0.15) is 24.3 Å². The summed E-state index contributed by atoms with van der Waals surface area (Å²) in [7, 11) is -7.94. The van der Waals surface area contributed by atoms with Gasteiger partial charge in [0.25, 0.3) is 0 Å². The van der Waals surface area contributed by atoms with Crippen molar-refractivity contribution < 1.29 is 24.3 Å². The monoisotopic (exact) mass is 382 g/mol. The van der Waals surface area contributed by atoms with Gasteiger partial charge in [-0.15, -0.1) is 0 Å². The highest BCUT2D eigenvalue weighted by Crippen LogP contribution is 2.24. The highest BCUT2D eigenvalue weighted by Gasteiger charge is 2.16. The first-order valence-electron chi connectivity index (χ1n) is 5.61. The Kier molecular flexibility index (Phi) is 5.10. The molecule has 2 aromatic carbocycles. The Morgan fingerprint density at radius 2 is 0.864 bits per heavy atom. The maximum atomic E-state index is 11.4. The molecule has 0 saturated heterocycles. The molecule has 2 rings (SSSR count). The van der Waals surface area contributed by atoms with Crippen LogP contribution in [0.25, 0.3) is 11.1 Å². The van der Waals surface area contributed by atoms with E-state index in [1.54, 1.807) is 0 Å². The second-order valence-corrected chi connectivity index (χ2v) is 7.85. The van der Waals surface area contributed by atoms with Gasteiger partial charge >= 0.3 is 20.2 Å². The van der Waals surface area contributed by atoms with Crippen LogP contribution >= 0.6 is 23.7 Å². The van der Waals surface area contributed by atoms with Crippen molar-refractivity contribution in [3.8, 4) is 11.1 Å². The fourth-order valence-electron chi connectivity index (χ4n) is 1.70. The first-order valence-corrected chi connectivity index (χ1v) is 9.04. The average Bonchev–Trinajstić information content (AvgIpc) is 2.55. The van der Waals surface area contributed by atoms with Crippen LogP contribution in [-0.4, -0.2) is 16.8 Å². The lowest BCUT2D eigenvalue weighted by Gasteiger charge is -2.05. The minimum atomic E-state index is -3.97. The molecule has 0 aliphatic heterocycles. The summed E-state index contributed by atoms with van der Waals surface area (Å²) in [4.78, 5) is -0.193. The molecule has 6 nitrogen and oxygen atoms in total. The SMILES string of the molecule is O=S(=O)(OCl)c1ccc(-c2ccc(S(=O)(=O)OCl)cc2)cc1. The first-order chi connectivity index (χ1) is 10.3. The van der Waals surface area contributed by atoms with Crippen LogP contribution in [0, 0.1) is 0 Å². The summed E-state index contributed by atoms with van der Waals surface area (Å²) in [6, 6.07) is 11.4. The van der Waals surface area contributed by atoms with Crippen molar-refractivity contribution in [1.82, 2.24) is 0 Å². The van der Waals surface area contributed by atoms with E-state index in [0.29, 0.717) is 11.1 Å². The van der Waals surface area contributed by atoms with Crippen LogP contribution in [-0.2, 0) is 27.7 Å². The zero-order valence-corrected chi connectivity index (χ0v) is 13.8. The number of rotatable bonds is 5. The zero-order valence-electron chi connectivity index (χ0n) is 10.6. The van der Waals surface area contributed by atoms with Gasteiger partial charge in [-0.1, -0.05) is 24.3 Å². The lowest BCUT2D eigenvalue weighted by Crippen LogP contribution is -2.00. The molecule has 10 heteroatoms. The van der Waals surface area contributed by atoms with Crippen LogP contribution < -0.4 is 0 Å². The van der Waals surface area contributed by atoms with E-state index in [9.17, 15) is 16.8 Å². The van der Waals surface area contributed by atoms with E-state index in [2.05, 4.69) is 7.47 Å². The summed E-state index contributed by atoms with van der Waals surface area (Å²) >= 11 is 9.78. The highest BCUT2D eigenvalue weighted by atomic mass is 35.5. The predicted molar refractivity (Wildman–Crippen MR) is 80.1 cm³/mol. The standard InChI is InChI=1S/C12H8Cl2O6S2/c13-19-21(15,16)11-5-1-9(2-6-11)10-3-7-12(8-4-10)22(17,18)20-14/h1-8H. The summed E-state index contributed by atoms with van der Waals surface area (Å²) < 4.78 is 53.3. The van der Waals surface area contributed by atoms with Crippen molar-refractivity contribution in [2.75, 3.05) is 0 Å². The Labute approximate surface area is 137 Å². The van der Waals surface area contributed by atoms with Crippen LogP contribution in [0.1, 0.15) is 0 Å². The van der Waals surface area contributed by atoms with E-state index in [1.807, 2.05) is 0 Å². The normalized spacial score (nSPS) is 12.3. The number of benzene rings is 2. The lowest BCUT2D eigenvalue weighted by atomic mass is 10.1. The minimum absolute atomic E-state index is 0.0963. The van der Waals surface area contributed by atoms with Crippen molar-refractivity contribution >= 4 is 44.0 Å². The summed E-state index contributed by atoms with van der Waals surface area (Å²) in [5.41, 5.74) is 1.34. The molecule has 0 atom stereocenters. The molecule has 0 saturated carbocycles. The maximum absolute atomic E-state index is 11.4. The maximum Gasteiger partial charge on any atom is 0.312 e. The molecule has 0 aliphatic carbocycles. The van der Waals surface area contributed by atoms with Gasteiger partial charge in [0, 0.05) is 0 Å². The number of halogens is 2. The van der Waals surface area contributed by atoms with Gasteiger partial charge in [-0.05, 0) is 35.4 Å². The number of hydrogen-bond acceptors (Lipinski definition) is 6. The molecule has 0 heterocycles. The summed E-state index contributed by atoms with van der Waals surface area (Å²) in [5.74, 6) is 0. The molecule has 0 bridgehead atoms. The Balaban J connectivity index is 2.34. The van der Waals surface area contributed by atoms with Crippen LogP contribution in [0.2, 0.25) is 0 Å². The molecular weight excluding hydrogens is 375 g/mol. The van der Waals surface area contributed by atoms with Crippen LogP contribution in [0.5, 0.6) is 0 Å². The molecule has 0 radical (unpaired) electrons. The van der Waals surface area contributed by atoms with Crippen molar-refractivity contribution in [1.29, 1.82) is 0 Å². The van der Waals surface area contributed by atoms with Crippen molar-refractivity contribution in [2.45, 2.75) is 9.79 Å². The van der Waals surface area contributed by atoms with E-state index in [0.717, 1.165) is 0 Å². The molecule has 118 valence electrons. The Morgan fingerprint density at radius 3 is 1.09 bits per heavy atom. The third kappa shape index (κ3) is 3.60. The summed E-state index contributed by atoms with van der Waals surface area (Å²) in [6.07, 6.45) is 0. The van der Waals surface area contributed by atoms with Crippen molar-refractivity contribution in [3.63, 3.8) is 0 Å². The second-order valence-electron chi connectivity index (χ2n) is 4.08. The van der Waals surface area contributed by atoms with Crippen LogP contribution in [0.15, 0.2) is 58.3 Å². The summed E-state index contributed by atoms with van der Waals surface area (Å²) in [5, 5.41) is 0. The molecule has 22 heavy (non-hydrogen) atoms. The molecule has 0 amide bonds. The third-order valence-corrected chi connectivity index (χ3v) is 5.81. The number of hydrogen-bond donors (Lipinski definition) is 0. The van der Waals surface area contributed by atoms with E-state index in [-0.39, 0.29) is 9.79 Å². The van der Waals surface area contributed by atoms with Gasteiger partial charge in [0.05, 0.1) is 33.5 Å². The molecule has 0 aromatic heterocycles. The van der Waals surface area contributed by atoms with Gasteiger partial charge in [0.15, 0.2) is 0 Å². The quantitative estimate of drug-likeness (QED) is 0.789. The molecule has 0 fully saturated rings. The topological polar surface area (TPSA) is 86.7 Å². The average molecular weight is 383 g/mol. The zero-order chi connectivity index (χ0) is 16.4. The minimum Gasteiger partial charge on any atom is -0.193 e. The molecule has 0 aliphatic rings. The second kappa shape index (κ2) is 6.53. The van der Waals surface area contributed by atoms with Crippen molar-refractivity contribution in [2.24, 2.45) is 0 Å². The Bertz CT molecular complexity index is 783. The molecule has 2 aromatic rings. The molecule has 0 unspecified atom stereocenters. The molecule has 0 N–H and O–H groups in total.